The summed E-state index contributed by atoms with van der Waals surface area (Å²) >= 11 is 0. The molecule has 1 aliphatic rings. The molecule has 3 aromatic rings. The molecule has 0 aliphatic heterocycles. The summed E-state index contributed by atoms with van der Waals surface area (Å²) < 4.78 is 13.2. The Bertz CT molecular complexity index is 917. The molecule has 1 heterocycles. The van der Waals surface area contributed by atoms with Crippen molar-refractivity contribution in [1.82, 2.24) is 15.2 Å². The Labute approximate surface area is 144 Å². The van der Waals surface area contributed by atoms with Crippen molar-refractivity contribution in [2.45, 2.75) is 25.2 Å². The van der Waals surface area contributed by atoms with Gasteiger partial charge >= 0.3 is 0 Å². The maximum absolute atomic E-state index is 13.2. The van der Waals surface area contributed by atoms with Crippen LogP contribution in [0.1, 0.15) is 30.1 Å². The SMILES string of the molecule is O=C(Cc1cccc(F)c1)Nc1cccc(-c2n[nH]c(C3CC3)n2)c1. The van der Waals surface area contributed by atoms with Gasteiger partial charge in [0.1, 0.15) is 11.6 Å². The highest BCUT2D eigenvalue weighted by Gasteiger charge is 2.27. The van der Waals surface area contributed by atoms with Crippen LogP contribution >= 0.6 is 0 Å². The number of anilines is 1. The van der Waals surface area contributed by atoms with Crippen molar-refractivity contribution in [1.29, 1.82) is 0 Å². The molecule has 5 nitrogen and oxygen atoms in total. The van der Waals surface area contributed by atoms with Gasteiger partial charge in [0, 0.05) is 17.2 Å². The first-order valence-corrected chi connectivity index (χ1v) is 8.24. The summed E-state index contributed by atoms with van der Waals surface area (Å²) in [4.78, 5) is 16.7. The number of hydrogen-bond donors (Lipinski definition) is 2. The molecule has 1 fully saturated rings. The zero-order chi connectivity index (χ0) is 17.2. The first-order valence-electron chi connectivity index (χ1n) is 8.24. The van der Waals surface area contributed by atoms with Crippen LogP contribution in [0.15, 0.2) is 48.5 Å². The molecule has 1 amide bonds. The summed E-state index contributed by atoms with van der Waals surface area (Å²) in [5, 5.41) is 10.1. The number of nitrogens with zero attached hydrogens (tertiary/aromatic N) is 2. The van der Waals surface area contributed by atoms with Crippen LogP contribution in [0.2, 0.25) is 0 Å². The summed E-state index contributed by atoms with van der Waals surface area (Å²) in [6.45, 7) is 0. The number of aromatic amines is 1. The fourth-order valence-corrected chi connectivity index (χ4v) is 2.72. The van der Waals surface area contributed by atoms with Gasteiger partial charge in [-0.05, 0) is 42.7 Å². The third-order valence-electron chi connectivity index (χ3n) is 4.12. The molecular formula is C19H17FN4O. The monoisotopic (exact) mass is 336 g/mol. The summed E-state index contributed by atoms with van der Waals surface area (Å²) in [7, 11) is 0. The number of rotatable bonds is 5. The number of amides is 1. The Balaban J connectivity index is 1.46. The standard InChI is InChI=1S/C19H17FN4O/c20-15-5-1-3-12(9-15)10-17(25)21-16-6-2-4-14(11-16)19-22-18(23-24-19)13-7-8-13/h1-6,9,11,13H,7-8,10H2,(H,21,25)(H,22,23,24). The third-order valence-corrected chi connectivity index (χ3v) is 4.12. The van der Waals surface area contributed by atoms with Gasteiger partial charge in [-0.15, -0.1) is 0 Å². The van der Waals surface area contributed by atoms with E-state index in [0.29, 0.717) is 23.0 Å². The van der Waals surface area contributed by atoms with Crippen LogP contribution in [-0.4, -0.2) is 21.1 Å². The number of hydrogen-bond acceptors (Lipinski definition) is 3. The van der Waals surface area contributed by atoms with Gasteiger partial charge in [-0.2, -0.15) is 5.10 Å². The zero-order valence-corrected chi connectivity index (χ0v) is 13.5. The molecule has 0 radical (unpaired) electrons. The van der Waals surface area contributed by atoms with E-state index < -0.39 is 0 Å². The van der Waals surface area contributed by atoms with Gasteiger partial charge in [0.25, 0.3) is 0 Å². The topological polar surface area (TPSA) is 70.7 Å². The van der Waals surface area contributed by atoms with Gasteiger partial charge in [0.05, 0.1) is 6.42 Å². The largest absolute Gasteiger partial charge is 0.326 e. The van der Waals surface area contributed by atoms with Gasteiger partial charge in [0.2, 0.25) is 5.91 Å². The van der Waals surface area contributed by atoms with Crippen LogP contribution in [0.25, 0.3) is 11.4 Å². The molecule has 2 aromatic carbocycles. The Morgan fingerprint density at radius 2 is 2.04 bits per heavy atom. The summed E-state index contributed by atoms with van der Waals surface area (Å²) in [6.07, 6.45) is 2.43. The van der Waals surface area contributed by atoms with Gasteiger partial charge in [0.15, 0.2) is 5.82 Å². The van der Waals surface area contributed by atoms with E-state index in [1.165, 1.54) is 12.1 Å². The molecule has 1 aromatic heterocycles. The van der Waals surface area contributed by atoms with E-state index in [-0.39, 0.29) is 18.1 Å². The summed E-state index contributed by atoms with van der Waals surface area (Å²) in [5.74, 6) is 1.52. The summed E-state index contributed by atoms with van der Waals surface area (Å²) in [6, 6.07) is 13.4. The Hall–Kier alpha value is -3.02. The predicted molar refractivity (Wildman–Crippen MR) is 92.5 cm³/mol. The van der Waals surface area contributed by atoms with Gasteiger partial charge in [-0.1, -0.05) is 24.3 Å². The van der Waals surface area contributed by atoms with E-state index in [4.69, 9.17) is 0 Å². The molecule has 1 aliphatic carbocycles. The Morgan fingerprint density at radius 1 is 1.20 bits per heavy atom. The van der Waals surface area contributed by atoms with Gasteiger partial charge in [-0.25, -0.2) is 9.37 Å². The fourth-order valence-electron chi connectivity index (χ4n) is 2.72. The van der Waals surface area contributed by atoms with Crippen LogP contribution in [0.4, 0.5) is 10.1 Å². The Morgan fingerprint density at radius 3 is 2.84 bits per heavy atom. The van der Waals surface area contributed by atoms with Crippen molar-refractivity contribution in [2.75, 3.05) is 5.32 Å². The second-order valence-electron chi connectivity index (χ2n) is 6.25. The smallest absolute Gasteiger partial charge is 0.228 e. The normalized spacial score (nSPS) is 13.6. The van der Waals surface area contributed by atoms with Crippen molar-refractivity contribution < 1.29 is 9.18 Å². The highest BCUT2D eigenvalue weighted by Crippen LogP contribution is 2.38. The van der Waals surface area contributed by atoms with E-state index in [9.17, 15) is 9.18 Å². The number of halogens is 1. The molecule has 25 heavy (non-hydrogen) atoms. The van der Waals surface area contributed by atoms with E-state index in [1.807, 2.05) is 18.2 Å². The van der Waals surface area contributed by atoms with Crippen LogP contribution < -0.4 is 5.32 Å². The molecule has 0 saturated heterocycles. The predicted octanol–water partition coefficient (Wildman–Crippen LogP) is 3.67. The number of aromatic nitrogens is 3. The van der Waals surface area contributed by atoms with E-state index in [2.05, 4.69) is 20.5 Å². The van der Waals surface area contributed by atoms with Crippen molar-refractivity contribution in [3.8, 4) is 11.4 Å². The highest BCUT2D eigenvalue weighted by molar-refractivity contribution is 5.92. The lowest BCUT2D eigenvalue weighted by Gasteiger charge is -2.06. The number of carbonyl (C=O) groups excluding carboxylic acids is 1. The lowest BCUT2D eigenvalue weighted by atomic mass is 10.1. The first kappa shape index (κ1) is 15.5. The number of H-pyrrole nitrogens is 1. The van der Waals surface area contributed by atoms with Gasteiger partial charge in [-0.3, -0.25) is 9.89 Å². The van der Waals surface area contributed by atoms with Crippen LogP contribution in [0.3, 0.4) is 0 Å². The van der Waals surface area contributed by atoms with Crippen molar-refractivity contribution in [3.05, 3.63) is 65.7 Å². The van der Waals surface area contributed by atoms with E-state index in [1.54, 1.807) is 18.2 Å². The second-order valence-corrected chi connectivity index (χ2v) is 6.25. The highest BCUT2D eigenvalue weighted by atomic mass is 19.1. The Kier molecular flexibility index (Phi) is 4.01. The molecule has 126 valence electrons. The average Bonchev–Trinajstić information content (AvgIpc) is 3.32. The minimum Gasteiger partial charge on any atom is -0.326 e. The quantitative estimate of drug-likeness (QED) is 0.747. The molecule has 0 atom stereocenters. The summed E-state index contributed by atoms with van der Waals surface area (Å²) in [5.41, 5.74) is 2.14. The molecule has 6 heteroatoms. The van der Waals surface area contributed by atoms with Crippen LogP contribution in [-0.2, 0) is 11.2 Å². The van der Waals surface area contributed by atoms with Crippen LogP contribution in [0.5, 0.6) is 0 Å². The lowest BCUT2D eigenvalue weighted by molar-refractivity contribution is -0.115. The van der Waals surface area contributed by atoms with Crippen molar-refractivity contribution in [3.63, 3.8) is 0 Å². The molecule has 4 rings (SSSR count). The van der Waals surface area contributed by atoms with E-state index >= 15 is 0 Å². The van der Waals surface area contributed by atoms with Crippen LogP contribution in [0, 0.1) is 5.82 Å². The minimum absolute atomic E-state index is 0.120. The third kappa shape index (κ3) is 3.74. The minimum atomic E-state index is -0.344. The van der Waals surface area contributed by atoms with Gasteiger partial charge < -0.3 is 5.32 Å². The lowest BCUT2D eigenvalue weighted by Crippen LogP contribution is -2.14. The molecule has 0 bridgehead atoms. The maximum Gasteiger partial charge on any atom is 0.228 e. The zero-order valence-electron chi connectivity index (χ0n) is 13.5. The molecule has 2 N–H and O–H groups in total. The number of nitrogens with one attached hydrogen (secondary N) is 2. The molecule has 0 spiro atoms. The molecule has 0 unspecified atom stereocenters. The molecule has 1 saturated carbocycles. The maximum atomic E-state index is 13.2. The fraction of sp³-hybridized carbons (Fsp3) is 0.211. The van der Waals surface area contributed by atoms with E-state index in [0.717, 1.165) is 24.2 Å². The van der Waals surface area contributed by atoms with Crippen molar-refractivity contribution >= 4 is 11.6 Å². The average molecular weight is 336 g/mol. The molecular weight excluding hydrogens is 319 g/mol. The van der Waals surface area contributed by atoms with Crippen molar-refractivity contribution in [2.24, 2.45) is 0 Å². The second kappa shape index (κ2) is 6.47. The first-order chi connectivity index (χ1) is 12.2. The number of carbonyl (C=O) groups is 1. The number of benzene rings is 2.